The highest BCUT2D eigenvalue weighted by molar-refractivity contribution is 5.51. The lowest BCUT2D eigenvalue weighted by Gasteiger charge is -2.24. The molecule has 0 aliphatic rings. The van der Waals surface area contributed by atoms with Crippen molar-refractivity contribution in [3.05, 3.63) is 47.5 Å². The Bertz CT molecular complexity index is 596. The summed E-state index contributed by atoms with van der Waals surface area (Å²) >= 11 is 0. The van der Waals surface area contributed by atoms with Gasteiger partial charge in [-0.2, -0.15) is 0 Å². The normalized spacial score (nSPS) is 11.0. The van der Waals surface area contributed by atoms with Gasteiger partial charge in [-0.05, 0) is 42.3 Å². The largest absolute Gasteiger partial charge is 0.508 e. The molecule has 2 aromatic carbocycles. The number of ether oxygens (including phenoxy) is 2. The third-order valence-electron chi connectivity index (χ3n) is 3.81. The molecule has 2 N–H and O–H groups in total. The molecule has 0 spiro atoms. The van der Waals surface area contributed by atoms with E-state index >= 15 is 0 Å². The van der Waals surface area contributed by atoms with Crippen LogP contribution in [0.3, 0.4) is 0 Å². The molecule has 4 nitrogen and oxygen atoms in total. The minimum atomic E-state index is -0.176. The first kappa shape index (κ1) is 16.0. The van der Waals surface area contributed by atoms with Crippen LogP contribution < -0.4 is 9.47 Å². The second-order valence-electron chi connectivity index (χ2n) is 5.57. The van der Waals surface area contributed by atoms with Gasteiger partial charge in [-0.3, -0.25) is 0 Å². The van der Waals surface area contributed by atoms with Crippen LogP contribution >= 0.6 is 0 Å². The molecule has 0 aromatic heterocycles. The summed E-state index contributed by atoms with van der Waals surface area (Å²) in [5.74, 6) is 1.69. The molecular formula is C18H22O4. The Morgan fingerprint density at radius 1 is 0.773 bits per heavy atom. The number of methoxy groups -OCH3 is 2. The fraction of sp³-hybridized carbons (Fsp3) is 0.333. The minimum absolute atomic E-state index is 0.163. The predicted octanol–water partition coefficient (Wildman–Crippen LogP) is 3.90. The monoisotopic (exact) mass is 302 g/mol. The van der Waals surface area contributed by atoms with Gasteiger partial charge >= 0.3 is 0 Å². The summed E-state index contributed by atoms with van der Waals surface area (Å²) < 4.78 is 10.5. The molecule has 2 rings (SSSR count). The molecule has 0 atom stereocenters. The van der Waals surface area contributed by atoms with E-state index in [2.05, 4.69) is 0 Å². The highest BCUT2D eigenvalue weighted by Crippen LogP contribution is 2.42. The maximum absolute atomic E-state index is 10.3. The number of rotatable bonds is 5. The molecule has 2 aromatic rings. The van der Waals surface area contributed by atoms with E-state index in [-0.39, 0.29) is 23.3 Å². The van der Waals surface area contributed by atoms with Crippen LogP contribution in [-0.2, 0) is 0 Å². The van der Waals surface area contributed by atoms with E-state index in [1.165, 1.54) is 0 Å². The number of hydrogen-bond acceptors (Lipinski definition) is 4. The summed E-state index contributed by atoms with van der Waals surface area (Å²) in [5, 5.41) is 20.5. The second-order valence-corrected chi connectivity index (χ2v) is 5.57. The van der Waals surface area contributed by atoms with E-state index in [1.807, 2.05) is 13.8 Å². The van der Waals surface area contributed by atoms with E-state index in [9.17, 15) is 10.2 Å². The van der Waals surface area contributed by atoms with Crippen LogP contribution in [0.4, 0.5) is 0 Å². The lowest BCUT2D eigenvalue weighted by atomic mass is 9.81. The zero-order valence-electron chi connectivity index (χ0n) is 13.3. The molecule has 0 heterocycles. The number of phenolic OH excluding ortho intramolecular Hbond substituents is 2. The average Bonchev–Trinajstić information content (AvgIpc) is 2.51. The Balaban J connectivity index is 2.61. The van der Waals surface area contributed by atoms with Crippen LogP contribution in [0.25, 0.3) is 0 Å². The van der Waals surface area contributed by atoms with Crippen LogP contribution in [0.1, 0.15) is 30.9 Å². The standard InChI is InChI=1S/C18H22O4/c1-11(2)18(14-9-12(21-3)5-7-16(14)19)15-10-13(22-4)6-8-17(15)20/h5-11,18-20H,1-4H3. The quantitative estimate of drug-likeness (QED) is 0.879. The van der Waals surface area contributed by atoms with Crippen molar-refractivity contribution < 1.29 is 19.7 Å². The van der Waals surface area contributed by atoms with Crippen molar-refractivity contribution in [2.24, 2.45) is 5.92 Å². The van der Waals surface area contributed by atoms with E-state index in [0.29, 0.717) is 11.5 Å². The molecule has 4 heteroatoms. The van der Waals surface area contributed by atoms with Crippen molar-refractivity contribution in [2.45, 2.75) is 19.8 Å². The van der Waals surface area contributed by atoms with Crippen molar-refractivity contribution in [3.63, 3.8) is 0 Å². The summed E-state index contributed by atoms with van der Waals surface area (Å²) in [7, 11) is 3.17. The highest BCUT2D eigenvalue weighted by atomic mass is 16.5. The lowest BCUT2D eigenvalue weighted by molar-refractivity contribution is 0.401. The van der Waals surface area contributed by atoms with Gasteiger partial charge in [-0.1, -0.05) is 13.8 Å². The zero-order valence-corrected chi connectivity index (χ0v) is 13.3. The van der Waals surface area contributed by atoms with Crippen molar-refractivity contribution in [3.8, 4) is 23.0 Å². The maximum atomic E-state index is 10.3. The Labute approximate surface area is 130 Å². The fourth-order valence-corrected chi connectivity index (χ4v) is 2.70. The molecule has 0 unspecified atom stereocenters. The van der Waals surface area contributed by atoms with Gasteiger partial charge in [0.2, 0.25) is 0 Å². The molecule has 0 aliphatic heterocycles. The summed E-state index contributed by atoms with van der Waals surface area (Å²) in [4.78, 5) is 0. The molecule has 0 fully saturated rings. The topological polar surface area (TPSA) is 58.9 Å². The van der Waals surface area contributed by atoms with Gasteiger partial charge in [0, 0.05) is 17.0 Å². The van der Waals surface area contributed by atoms with Crippen molar-refractivity contribution >= 4 is 0 Å². The molecule has 0 saturated heterocycles. The van der Waals surface area contributed by atoms with Crippen molar-refractivity contribution in [2.75, 3.05) is 14.2 Å². The first-order chi connectivity index (χ1) is 10.5. The number of hydrogen-bond donors (Lipinski definition) is 2. The van der Waals surface area contributed by atoms with Gasteiger partial charge in [0.1, 0.15) is 23.0 Å². The van der Waals surface area contributed by atoms with Gasteiger partial charge in [-0.25, -0.2) is 0 Å². The average molecular weight is 302 g/mol. The SMILES string of the molecule is COc1ccc(O)c(C(c2cc(OC)ccc2O)C(C)C)c1. The predicted molar refractivity (Wildman–Crippen MR) is 86.0 cm³/mol. The summed E-state index contributed by atoms with van der Waals surface area (Å²) in [6.07, 6.45) is 0. The Morgan fingerprint density at radius 3 is 1.50 bits per heavy atom. The summed E-state index contributed by atoms with van der Waals surface area (Å²) in [6.45, 7) is 4.09. The highest BCUT2D eigenvalue weighted by Gasteiger charge is 2.25. The van der Waals surface area contributed by atoms with E-state index in [4.69, 9.17) is 9.47 Å². The van der Waals surface area contributed by atoms with Gasteiger partial charge in [0.15, 0.2) is 0 Å². The van der Waals surface area contributed by atoms with Gasteiger partial charge in [0.25, 0.3) is 0 Å². The van der Waals surface area contributed by atoms with Crippen LogP contribution in [0.2, 0.25) is 0 Å². The maximum Gasteiger partial charge on any atom is 0.119 e. The van der Waals surface area contributed by atoms with Crippen molar-refractivity contribution in [1.29, 1.82) is 0 Å². The van der Waals surface area contributed by atoms with Gasteiger partial charge in [-0.15, -0.1) is 0 Å². The summed E-state index contributed by atoms with van der Waals surface area (Å²) in [5.41, 5.74) is 1.44. The second kappa shape index (κ2) is 6.60. The Morgan fingerprint density at radius 2 is 1.18 bits per heavy atom. The molecule has 118 valence electrons. The lowest BCUT2D eigenvalue weighted by Crippen LogP contribution is -2.10. The number of aromatic hydroxyl groups is 2. The zero-order chi connectivity index (χ0) is 16.3. The third-order valence-corrected chi connectivity index (χ3v) is 3.81. The number of benzene rings is 2. The molecule has 0 saturated carbocycles. The Hall–Kier alpha value is -2.36. The van der Waals surface area contributed by atoms with E-state index < -0.39 is 0 Å². The first-order valence-electron chi connectivity index (χ1n) is 7.21. The van der Waals surface area contributed by atoms with Crippen LogP contribution in [-0.4, -0.2) is 24.4 Å². The van der Waals surface area contributed by atoms with Crippen molar-refractivity contribution in [1.82, 2.24) is 0 Å². The van der Waals surface area contributed by atoms with Gasteiger partial charge < -0.3 is 19.7 Å². The molecule has 0 bridgehead atoms. The fourth-order valence-electron chi connectivity index (χ4n) is 2.70. The first-order valence-corrected chi connectivity index (χ1v) is 7.21. The van der Waals surface area contributed by atoms with Crippen LogP contribution in [0, 0.1) is 5.92 Å². The molecule has 0 amide bonds. The molecule has 22 heavy (non-hydrogen) atoms. The molecule has 0 aliphatic carbocycles. The van der Waals surface area contributed by atoms with Gasteiger partial charge in [0.05, 0.1) is 14.2 Å². The molecular weight excluding hydrogens is 280 g/mol. The number of phenols is 2. The molecule has 0 radical (unpaired) electrons. The van der Waals surface area contributed by atoms with E-state index in [1.54, 1.807) is 50.6 Å². The Kier molecular flexibility index (Phi) is 4.81. The van der Waals surface area contributed by atoms with E-state index in [0.717, 1.165) is 11.1 Å². The van der Waals surface area contributed by atoms with Crippen LogP contribution in [0.15, 0.2) is 36.4 Å². The van der Waals surface area contributed by atoms with Crippen LogP contribution in [0.5, 0.6) is 23.0 Å². The minimum Gasteiger partial charge on any atom is -0.508 e. The summed E-state index contributed by atoms with van der Waals surface area (Å²) in [6, 6.07) is 10.3. The third kappa shape index (κ3) is 3.11. The smallest absolute Gasteiger partial charge is 0.119 e.